The summed E-state index contributed by atoms with van der Waals surface area (Å²) in [4.78, 5) is 12.6. The van der Waals surface area contributed by atoms with Crippen molar-refractivity contribution in [1.29, 1.82) is 0 Å². The second kappa shape index (κ2) is 9.89. The van der Waals surface area contributed by atoms with Gasteiger partial charge in [0.2, 0.25) is 10.0 Å². The molecule has 0 bridgehead atoms. The van der Waals surface area contributed by atoms with Crippen molar-refractivity contribution in [2.75, 3.05) is 45.3 Å². The largest absolute Gasteiger partial charge is 0.495 e. The molecule has 1 saturated heterocycles. The quantitative estimate of drug-likeness (QED) is 0.683. The van der Waals surface area contributed by atoms with Crippen LogP contribution in [0.2, 0.25) is 0 Å². The minimum Gasteiger partial charge on any atom is -0.495 e. The average Bonchev–Trinajstić information content (AvgIpc) is 2.83. The first-order valence-electron chi connectivity index (χ1n) is 10.8. The lowest BCUT2D eigenvalue weighted by Gasteiger charge is -2.26. The Kier molecular flexibility index (Phi) is 6.98. The number of ether oxygens (including phenoxy) is 3. The molecule has 8 nitrogen and oxygen atoms in total. The highest BCUT2D eigenvalue weighted by molar-refractivity contribution is 7.89. The molecule has 1 aliphatic carbocycles. The van der Waals surface area contributed by atoms with Crippen molar-refractivity contribution in [2.24, 2.45) is 0 Å². The van der Waals surface area contributed by atoms with Gasteiger partial charge in [0.05, 0.1) is 30.9 Å². The lowest BCUT2D eigenvalue weighted by atomic mass is 9.92. The number of rotatable bonds is 7. The standard InChI is InChI=1S/C23H28N2O6S/c1-29-22-9-8-20(32(27,28)25-10-12-30-13-11-25)15-21(22)24-23(26)16-31-19-7-6-17-4-2-3-5-18(17)14-19/h6-9,14-15H,2-5,10-13,16H2,1H3,(H,24,26). The molecule has 1 aliphatic heterocycles. The molecule has 0 unspecified atom stereocenters. The van der Waals surface area contributed by atoms with Gasteiger partial charge in [-0.25, -0.2) is 8.42 Å². The number of morpholine rings is 1. The predicted molar refractivity (Wildman–Crippen MR) is 120 cm³/mol. The Bertz CT molecular complexity index is 1080. The Labute approximate surface area is 188 Å². The molecule has 1 fully saturated rings. The number of anilines is 1. The second-order valence-corrected chi connectivity index (χ2v) is 9.79. The van der Waals surface area contributed by atoms with Crippen LogP contribution in [0.15, 0.2) is 41.3 Å². The number of nitrogens with one attached hydrogen (secondary N) is 1. The van der Waals surface area contributed by atoms with Crippen molar-refractivity contribution in [2.45, 2.75) is 30.6 Å². The van der Waals surface area contributed by atoms with Crippen molar-refractivity contribution < 1.29 is 27.4 Å². The van der Waals surface area contributed by atoms with Crippen molar-refractivity contribution in [3.63, 3.8) is 0 Å². The average molecular weight is 461 g/mol. The third kappa shape index (κ3) is 5.06. The van der Waals surface area contributed by atoms with Crippen LogP contribution in [0.4, 0.5) is 5.69 Å². The van der Waals surface area contributed by atoms with Crippen LogP contribution in [0.3, 0.4) is 0 Å². The Morgan fingerprint density at radius 3 is 2.56 bits per heavy atom. The van der Waals surface area contributed by atoms with E-state index in [4.69, 9.17) is 14.2 Å². The van der Waals surface area contributed by atoms with Crippen LogP contribution in [0.5, 0.6) is 11.5 Å². The van der Waals surface area contributed by atoms with Gasteiger partial charge < -0.3 is 19.5 Å². The molecular formula is C23H28N2O6S. The van der Waals surface area contributed by atoms with Gasteiger partial charge in [-0.3, -0.25) is 4.79 Å². The number of amides is 1. The first-order chi connectivity index (χ1) is 15.5. The SMILES string of the molecule is COc1ccc(S(=O)(=O)N2CCOCC2)cc1NC(=O)COc1ccc2c(c1)CCCC2. The van der Waals surface area contributed by atoms with Gasteiger partial charge in [0.1, 0.15) is 11.5 Å². The number of nitrogens with zero attached hydrogens (tertiary/aromatic N) is 1. The van der Waals surface area contributed by atoms with E-state index in [1.54, 1.807) is 0 Å². The second-order valence-electron chi connectivity index (χ2n) is 7.85. The van der Waals surface area contributed by atoms with Crippen LogP contribution >= 0.6 is 0 Å². The molecule has 1 heterocycles. The number of carbonyl (C=O) groups is 1. The summed E-state index contributed by atoms with van der Waals surface area (Å²) in [7, 11) is -2.23. The zero-order valence-electron chi connectivity index (χ0n) is 18.1. The molecule has 0 saturated carbocycles. The highest BCUT2D eigenvalue weighted by Crippen LogP contribution is 2.29. The zero-order valence-corrected chi connectivity index (χ0v) is 18.9. The van der Waals surface area contributed by atoms with E-state index < -0.39 is 15.9 Å². The van der Waals surface area contributed by atoms with Crippen LogP contribution in [-0.2, 0) is 32.4 Å². The summed E-state index contributed by atoms with van der Waals surface area (Å²) >= 11 is 0. The Morgan fingerprint density at radius 1 is 1.06 bits per heavy atom. The smallest absolute Gasteiger partial charge is 0.262 e. The van der Waals surface area contributed by atoms with Crippen LogP contribution in [0.25, 0.3) is 0 Å². The summed E-state index contributed by atoms with van der Waals surface area (Å²) < 4.78 is 43.5. The van der Waals surface area contributed by atoms with Crippen molar-refractivity contribution in [1.82, 2.24) is 4.31 Å². The number of carbonyl (C=O) groups excluding carboxylic acids is 1. The zero-order chi connectivity index (χ0) is 22.6. The molecular weight excluding hydrogens is 432 g/mol. The first kappa shape index (κ1) is 22.6. The van der Waals surface area contributed by atoms with Crippen molar-refractivity contribution >= 4 is 21.6 Å². The van der Waals surface area contributed by atoms with Crippen LogP contribution in [-0.4, -0.2) is 58.7 Å². The van der Waals surface area contributed by atoms with Gasteiger partial charge in [-0.15, -0.1) is 0 Å². The van der Waals surface area contributed by atoms with E-state index in [-0.39, 0.29) is 17.2 Å². The lowest BCUT2D eigenvalue weighted by Crippen LogP contribution is -2.40. The molecule has 2 aromatic rings. The maximum Gasteiger partial charge on any atom is 0.262 e. The predicted octanol–water partition coefficient (Wildman–Crippen LogP) is 2.61. The molecule has 0 radical (unpaired) electrons. The molecule has 0 aromatic heterocycles. The van der Waals surface area contributed by atoms with E-state index in [9.17, 15) is 13.2 Å². The summed E-state index contributed by atoms with van der Waals surface area (Å²) in [6, 6.07) is 10.4. The van der Waals surface area contributed by atoms with Gasteiger partial charge in [0.15, 0.2) is 6.61 Å². The number of methoxy groups -OCH3 is 1. The summed E-state index contributed by atoms with van der Waals surface area (Å²) in [6.07, 6.45) is 4.48. The maximum absolute atomic E-state index is 12.9. The molecule has 1 N–H and O–H groups in total. The van der Waals surface area contributed by atoms with E-state index in [0.29, 0.717) is 37.8 Å². The van der Waals surface area contributed by atoms with Crippen LogP contribution in [0, 0.1) is 0 Å². The first-order valence-corrected chi connectivity index (χ1v) is 12.2. The minimum atomic E-state index is -3.69. The molecule has 2 aliphatic rings. The van der Waals surface area contributed by atoms with E-state index in [1.807, 2.05) is 12.1 Å². The van der Waals surface area contributed by atoms with Gasteiger partial charge in [0, 0.05) is 13.1 Å². The number of hydrogen-bond acceptors (Lipinski definition) is 6. The highest BCUT2D eigenvalue weighted by atomic mass is 32.2. The number of sulfonamides is 1. The molecule has 9 heteroatoms. The number of aryl methyl sites for hydroxylation is 2. The Hall–Kier alpha value is -2.62. The monoisotopic (exact) mass is 460 g/mol. The number of hydrogen-bond donors (Lipinski definition) is 1. The van der Waals surface area contributed by atoms with Crippen LogP contribution < -0.4 is 14.8 Å². The fourth-order valence-electron chi connectivity index (χ4n) is 4.02. The van der Waals surface area contributed by atoms with E-state index in [1.165, 1.54) is 53.6 Å². The summed E-state index contributed by atoms with van der Waals surface area (Å²) in [5.74, 6) is 0.617. The van der Waals surface area contributed by atoms with Gasteiger partial charge >= 0.3 is 0 Å². The maximum atomic E-state index is 12.9. The number of fused-ring (bicyclic) bond motifs is 1. The van der Waals surface area contributed by atoms with E-state index >= 15 is 0 Å². The van der Waals surface area contributed by atoms with Gasteiger partial charge in [-0.05, 0) is 67.1 Å². The Balaban J connectivity index is 1.44. The topological polar surface area (TPSA) is 94.2 Å². The fourth-order valence-corrected chi connectivity index (χ4v) is 5.45. The third-order valence-corrected chi connectivity index (χ3v) is 7.64. The molecule has 1 amide bonds. The molecule has 0 atom stereocenters. The van der Waals surface area contributed by atoms with Gasteiger partial charge in [-0.1, -0.05) is 6.07 Å². The summed E-state index contributed by atoms with van der Waals surface area (Å²) in [6.45, 7) is 1.12. The molecule has 4 rings (SSSR count). The normalized spacial score (nSPS) is 16.8. The molecule has 2 aromatic carbocycles. The third-order valence-electron chi connectivity index (χ3n) is 5.74. The Morgan fingerprint density at radius 2 is 1.81 bits per heavy atom. The van der Waals surface area contributed by atoms with Gasteiger partial charge in [-0.2, -0.15) is 4.31 Å². The molecule has 32 heavy (non-hydrogen) atoms. The lowest BCUT2D eigenvalue weighted by molar-refractivity contribution is -0.118. The highest BCUT2D eigenvalue weighted by Gasteiger charge is 2.27. The van der Waals surface area contributed by atoms with Crippen molar-refractivity contribution in [3.8, 4) is 11.5 Å². The minimum absolute atomic E-state index is 0.0890. The van der Waals surface area contributed by atoms with Crippen LogP contribution in [0.1, 0.15) is 24.0 Å². The van der Waals surface area contributed by atoms with Crippen molar-refractivity contribution in [3.05, 3.63) is 47.5 Å². The van der Waals surface area contributed by atoms with E-state index in [0.717, 1.165) is 12.8 Å². The summed E-state index contributed by atoms with van der Waals surface area (Å²) in [5, 5.41) is 2.71. The number of benzene rings is 2. The fraction of sp³-hybridized carbons (Fsp3) is 0.435. The molecule has 0 spiro atoms. The van der Waals surface area contributed by atoms with Gasteiger partial charge in [0.25, 0.3) is 5.91 Å². The molecule has 172 valence electrons. The van der Waals surface area contributed by atoms with E-state index in [2.05, 4.69) is 11.4 Å². The summed E-state index contributed by atoms with van der Waals surface area (Å²) in [5.41, 5.74) is 2.90.